The van der Waals surface area contributed by atoms with Crippen molar-refractivity contribution in [2.24, 2.45) is 0 Å². The van der Waals surface area contributed by atoms with E-state index in [0.29, 0.717) is 4.88 Å². The van der Waals surface area contributed by atoms with Crippen molar-refractivity contribution in [1.82, 2.24) is 4.98 Å². The van der Waals surface area contributed by atoms with Crippen molar-refractivity contribution in [1.29, 1.82) is 0 Å². The van der Waals surface area contributed by atoms with Crippen LogP contribution in [0.4, 0.5) is 0 Å². The normalized spacial score (nSPS) is 10.5. The minimum atomic E-state index is -0.886. The van der Waals surface area contributed by atoms with E-state index in [9.17, 15) is 4.79 Å². The van der Waals surface area contributed by atoms with Crippen LogP contribution in [0.25, 0.3) is 10.6 Å². The van der Waals surface area contributed by atoms with Crippen LogP contribution >= 0.6 is 11.3 Å². The minimum absolute atomic E-state index is 0.346. The average molecular weight is 247 g/mol. The number of aromatic carboxylic acids is 1. The van der Waals surface area contributed by atoms with Crippen LogP contribution in [0.2, 0.25) is 0 Å². The third-order valence-electron chi connectivity index (χ3n) is 2.65. The minimum Gasteiger partial charge on any atom is -0.477 e. The molecule has 2 aromatic rings. The van der Waals surface area contributed by atoms with Gasteiger partial charge in [-0.2, -0.15) is 0 Å². The third kappa shape index (κ3) is 2.36. The molecular weight excluding hydrogens is 234 g/mol. The zero-order chi connectivity index (χ0) is 12.4. The van der Waals surface area contributed by atoms with Gasteiger partial charge in [0.25, 0.3) is 0 Å². The summed E-state index contributed by atoms with van der Waals surface area (Å²) in [7, 11) is 0. The number of nitrogens with zero attached hydrogens (tertiary/aromatic N) is 1. The molecule has 0 aromatic carbocycles. The molecule has 2 heterocycles. The van der Waals surface area contributed by atoms with Gasteiger partial charge >= 0.3 is 5.97 Å². The van der Waals surface area contributed by atoms with E-state index in [0.717, 1.165) is 22.7 Å². The Hall–Kier alpha value is -1.68. The second-order valence-corrected chi connectivity index (χ2v) is 4.85. The molecule has 0 spiro atoms. The Labute approximate surface area is 104 Å². The van der Waals surface area contributed by atoms with Crippen LogP contribution in [-0.4, -0.2) is 16.1 Å². The summed E-state index contributed by atoms with van der Waals surface area (Å²) in [6.45, 7) is 4.07. The number of aryl methyl sites for hydroxylation is 2. The van der Waals surface area contributed by atoms with Gasteiger partial charge in [-0.05, 0) is 37.1 Å². The van der Waals surface area contributed by atoms with Gasteiger partial charge in [0.05, 0.1) is 10.6 Å². The fourth-order valence-corrected chi connectivity index (χ4v) is 2.51. The molecule has 0 aliphatic heterocycles. The highest BCUT2D eigenvalue weighted by atomic mass is 32.1. The van der Waals surface area contributed by atoms with Gasteiger partial charge in [-0.25, -0.2) is 4.79 Å². The van der Waals surface area contributed by atoms with Crippen molar-refractivity contribution in [3.05, 3.63) is 40.4 Å². The molecule has 0 aliphatic rings. The highest BCUT2D eigenvalue weighted by Gasteiger charge is 2.10. The molecule has 0 amide bonds. The Balaban J connectivity index is 2.39. The van der Waals surface area contributed by atoms with Gasteiger partial charge in [-0.3, -0.25) is 4.98 Å². The van der Waals surface area contributed by atoms with Crippen molar-refractivity contribution in [2.75, 3.05) is 0 Å². The number of hydrogen-bond acceptors (Lipinski definition) is 3. The lowest BCUT2D eigenvalue weighted by Gasteiger charge is -2.03. The molecule has 17 heavy (non-hydrogen) atoms. The Morgan fingerprint density at radius 3 is 2.65 bits per heavy atom. The lowest BCUT2D eigenvalue weighted by molar-refractivity contribution is 0.0702. The summed E-state index contributed by atoms with van der Waals surface area (Å²) >= 11 is 1.25. The van der Waals surface area contributed by atoms with E-state index in [1.165, 1.54) is 16.9 Å². The van der Waals surface area contributed by atoms with Gasteiger partial charge in [-0.15, -0.1) is 11.3 Å². The number of carboxylic acids is 1. The largest absolute Gasteiger partial charge is 0.477 e. The molecule has 0 fully saturated rings. The molecule has 1 N–H and O–H groups in total. The molecule has 2 aromatic heterocycles. The number of rotatable bonds is 3. The fraction of sp³-hybridized carbons (Fsp3) is 0.231. The number of aromatic nitrogens is 1. The van der Waals surface area contributed by atoms with Crippen molar-refractivity contribution in [3.8, 4) is 10.6 Å². The van der Waals surface area contributed by atoms with Crippen molar-refractivity contribution < 1.29 is 9.90 Å². The first kappa shape index (κ1) is 11.8. The van der Waals surface area contributed by atoms with E-state index < -0.39 is 5.97 Å². The maximum absolute atomic E-state index is 10.8. The van der Waals surface area contributed by atoms with Gasteiger partial charge in [0.15, 0.2) is 0 Å². The predicted molar refractivity (Wildman–Crippen MR) is 68.6 cm³/mol. The number of carbonyl (C=O) groups is 1. The summed E-state index contributed by atoms with van der Waals surface area (Å²) in [5.74, 6) is -0.886. The van der Waals surface area contributed by atoms with Crippen LogP contribution in [0.3, 0.4) is 0 Å². The van der Waals surface area contributed by atoms with E-state index in [1.54, 1.807) is 6.07 Å². The quantitative estimate of drug-likeness (QED) is 0.904. The lowest BCUT2D eigenvalue weighted by Crippen LogP contribution is -1.92. The van der Waals surface area contributed by atoms with E-state index in [4.69, 9.17) is 5.11 Å². The first-order valence-corrected chi connectivity index (χ1v) is 6.23. The van der Waals surface area contributed by atoms with Gasteiger partial charge in [0.1, 0.15) is 4.88 Å². The zero-order valence-corrected chi connectivity index (χ0v) is 10.5. The molecule has 0 bridgehead atoms. The van der Waals surface area contributed by atoms with Crippen LogP contribution in [0, 0.1) is 6.92 Å². The van der Waals surface area contributed by atoms with Crippen molar-refractivity contribution in [2.45, 2.75) is 20.3 Å². The topological polar surface area (TPSA) is 50.2 Å². The first-order chi connectivity index (χ1) is 8.11. The average Bonchev–Trinajstić information content (AvgIpc) is 2.78. The molecule has 2 rings (SSSR count). The van der Waals surface area contributed by atoms with E-state index in [-0.39, 0.29) is 0 Å². The molecule has 3 nitrogen and oxygen atoms in total. The first-order valence-electron chi connectivity index (χ1n) is 5.42. The van der Waals surface area contributed by atoms with Gasteiger partial charge in [-0.1, -0.05) is 13.0 Å². The molecule has 88 valence electrons. The van der Waals surface area contributed by atoms with E-state index >= 15 is 0 Å². The lowest BCUT2D eigenvalue weighted by atomic mass is 10.1. The molecule has 0 aliphatic carbocycles. The summed E-state index contributed by atoms with van der Waals surface area (Å²) in [6, 6.07) is 7.43. The van der Waals surface area contributed by atoms with Crippen LogP contribution in [-0.2, 0) is 6.42 Å². The van der Waals surface area contributed by atoms with Gasteiger partial charge in [0, 0.05) is 5.69 Å². The van der Waals surface area contributed by atoms with E-state index in [1.807, 2.05) is 19.1 Å². The number of thiophene rings is 1. The maximum atomic E-state index is 10.8. The van der Waals surface area contributed by atoms with Crippen LogP contribution in [0.15, 0.2) is 24.3 Å². The molecule has 0 atom stereocenters. The number of carboxylic acid groups (broad SMARTS) is 1. The molecule has 0 saturated carbocycles. The summed E-state index contributed by atoms with van der Waals surface area (Å²) in [4.78, 5) is 16.6. The summed E-state index contributed by atoms with van der Waals surface area (Å²) in [5.41, 5.74) is 3.08. The number of pyridine rings is 1. The monoisotopic (exact) mass is 247 g/mol. The molecular formula is C13H13NO2S. The zero-order valence-electron chi connectivity index (χ0n) is 9.73. The second kappa shape index (κ2) is 4.67. The predicted octanol–water partition coefficient (Wildman–Crippen LogP) is 3.38. The van der Waals surface area contributed by atoms with Crippen molar-refractivity contribution in [3.63, 3.8) is 0 Å². The van der Waals surface area contributed by atoms with Crippen molar-refractivity contribution >= 4 is 17.3 Å². The van der Waals surface area contributed by atoms with E-state index in [2.05, 4.69) is 18.0 Å². The van der Waals surface area contributed by atoms with Crippen LogP contribution < -0.4 is 0 Å². The Kier molecular flexibility index (Phi) is 3.24. The van der Waals surface area contributed by atoms with Crippen LogP contribution in [0.1, 0.15) is 27.9 Å². The molecule has 0 radical (unpaired) electrons. The van der Waals surface area contributed by atoms with Crippen LogP contribution in [0.5, 0.6) is 0 Å². The Morgan fingerprint density at radius 2 is 2.12 bits per heavy atom. The summed E-state index contributed by atoms with van der Waals surface area (Å²) < 4.78 is 0. The highest BCUT2D eigenvalue weighted by Crippen LogP contribution is 2.27. The Bertz CT molecular complexity index is 560. The Morgan fingerprint density at radius 1 is 1.35 bits per heavy atom. The standard InChI is InChI=1S/C13H13NO2S/c1-3-9-4-5-10(14-8(9)2)11-6-7-12(17-11)13(15)16/h4-7H,3H2,1-2H3,(H,15,16). The molecule has 4 heteroatoms. The number of hydrogen-bond donors (Lipinski definition) is 1. The summed E-state index contributed by atoms with van der Waals surface area (Å²) in [5, 5.41) is 8.87. The third-order valence-corrected chi connectivity index (χ3v) is 3.74. The van der Waals surface area contributed by atoms with Gasteiger partial charge < -0.3 is 5.11 Å². The second-order valence-electron chi connectivity index (χ2n) is 3.76. The molecule has 0 unspecified atom stereocenters. The van der Waals surface area contributed by atoms with Gasteiger partial charge in [0.2, 0.25) is 0 Å². The summed E-state index contributed by atoms with van der Waals surface area (Å²) in [6.07, 6.45) is 0.962. The molecule has 0 saturated heterocycles. The maximum Gasteiger partial charge on any atom is 0.345 e. The fourth-order valence-electron chi connectivity index (χ4n) is 1.69. The SMILES string of the molecule is CCc1ccc(-c2ccc(C(=O)O)s2)nc1C. The smallest absolute Gasteiger partial charge is 0.345 e. The highest BCUT2D eigenvalue weighted by molar-refractivity contribution is 7.17.